The van der Waals surface area contributed by atoms with Crippen LogP contribution in [0.3, 0.4) is 0 Å². The van der Waals surface area contributed by atoms with Crippen molar-refractivity contribution >= 4 is 28.4 Å². The molecule has 0 aliphatic rings. The average molecular weight is 533 g/mol. The van der Waals surface area contributed by atoms with Crippen molar-refractivity contribution in [2.75, 3.05) is 17.2 Å². The number of nitrogens with one attached hydrogen (secondary N) is 3. The van der Waals surface area contributed by atoms with Crippen LogP contribution in [0.4, 0.5) is 20.3 Å². The van der Waals surface area contributed by atoms with Crippen molar-refractivity contribution in [1.82, 2.24) is 15.2 Å². The topological polar surface area (TPSA) is 139 Å². The monoisotopic (exact) mass is 532 g/mol. The SMILES string of the molecule is C[C@H](CO)Nc1n[nH]c2nccc(Oc3ccc(NC(=O)c4cccc(-c5ccc(F)cc5)[n+]4[O-])cc3F)c12. The lowest BCUT2D eigenvalue weighted by Gasteiger charge is -2.13. The van der Waals surface area contributed by atoms with Crippen LogP contribution >= 0.6 is 0 Å². The lowest BCUT2D eigenvalue weighted by atomic mass is 10.1. The number of ether oxygens (including phenoxy) is 1. The Morgan fingerprint density at radius 3 is 2.67 bits per heavy atom. The molecule has 0 bridgehead atoms. The molecule has 0 aliphatic carbocycles. The summed E-state index contributed by atoms with van der Waals surface area (Å²) >= 11 is 0. The number of hydrogen-bond donors (Lipinski definition) is 4. The highest BCUT2D eigenvalue weighted by atomic mass is 19.1. The molecular weight excluding hydrogens is 510 g/mol. The standard InChI is InChI=1S/C27H22F2N6O4/c1-15(14-36)31-26-24-23(11-12-30-25(24)33-34-26)39-22-10-9-18(13-19(22)29)32-27(37)21-4-2-3-20(35(21)38)16-5-7-17(28)8-6-16/h2-13,15,36H,14H2,1H3,(H,32,37)(H2,30,31,33,34)/t15-/m1/s1. The Hall–Kier alpha value is -5.10. The van der Waals surface area contributed by atoms with Gasteiger partial charge < -0.3 is 25.7 Å². The van der Waals surface area contributed by atoms with Gasteiger partial charge in [0.05, 0.1) is 6.61 Å². The molecule has 5 aromatic rings. The minimum Gasteiger partial charge on any atom is -0.618 e. The van der Waals surface area contributed by atoms with E-state index >= 15 is 4.39 Å². The summed E-state index contributed by atoms with van der Waals surface area (Å²) in [6, 6.07) is 14.7. The normalized spacial score (nSPS) is 11.8. The summed E-state index contributed by atoms with van der Waals surface area (Å²) < 4.78 is 34.5. The predicted molar refractivity (Wildman–Crippen MR) is 139 cm³/mol. The number of amides is 1. The van der Waals surface area contributed by atoms with E-state index in [2.05, 4.69) is 25.8 Å². The third-order valence-electron chi connectivity index (χ3n) is 5.81. The van der Waals surface area contributed by atoms with Crippen molar-refractivity contribution < 1.29 is 28.1 Å². The maximum absolute atomic E-state index is 15.0. The Balaban J connectivity index is 1.36. The van der Waals surface area contributed by atoms with E-state index in [0.717, 1.165) is 6.07 Å². The molecule has 39 heavy (non-hydrogen) atoms. The van der Waals surface area contributed by atoms with E-state index in [-0.39, 0.29) is 41.2 Å². The second-order valence-electron chi connectivity index (χ2n) is 8.63. The largest absolute Gasteiger partial charge is 0.618 e. The number of benzene rings is 2. The highest BCUT2D eigenvalue weighted by Crippen LogP contribution is 2.34. The number of hydrogen-bond acceptors (Lipinski definition) is 7. The molecule has 3 heterocycles. The molecule has 0 aliphatic heterocycles. The lowest BCUT2D eigenvalue weighted by Crippen LogP contribution is -2.38. The van der Waals surface area contributed by atoms with Crippen molar-refractivity contribution in [2.24, 2.45) is 0 Å². The van der Waals surface area contributed by atoms with Gasteiger partial charge in [-0.15, -0.1) is 0 Å². The van der Waals surface area contributed by atoms with Crippen LogP contribution in [-0.4, -0.2) is 38.8 Å². The maximum atomic E-state index is 15.0. The van der Waals surface area contributed by atoms with E-state index in [1.54, 1.807) is 13.0 Å². The predicted octanol–water partition coefficient (Wildman–Crippen LogP) is 4.37. The number of H-pyrrole nitrogens is 1. The molecule has 1 amide bonds. The number of aliphatic hydroxyl groups excluding tert-OH is 1. The van der Waals surface area contributed by atoms with Gasteiger partial charge in [-0.1, -0.05) is 0 Å². The molecule has 1 atom stereocenters. The van der Waals surface area contributed by atoms with Crippen LogP contribution in [0.1, 0.15) is 17.4 Å². The second-order valence-corrected chi connectivity index (χ2v) is 8.63. The van der Waals surface area contributed by atoms with E-state index in [0.29, 0.717) is 27.1 Å². The third kappa shape index (κ3) is 5.31. The quantitative estimate of drug-likeness (QED) is 0.172. The van der Waals surface area contributed by atoms with Gasteiger partial charge in [0.2, 0.25) is 5.69 Å². The van der Waals surface area contributed by atoms with Crippen LogP contribution in [0, 0.1) is 16.8 Å². The molecule has 0 radical (unpaired) electrons. The Kier molecular flexibility index (Phi) is 7.02. The molecule has 0 unspecified atom stereocenters. The van der Waals surface area contributed by atoms with Gasteiger partial charge in [0.15, 0.2) is 23.0 Å². The number of pyridine rings is 2. The summed E-state index contributed by atoms with van der Waals surface area (Å²) in [6.07, 6.45) is 1.47. The van der Waals surface area contributed by atoms with E-state index in [1.807, 2.05) is 0 Å². The molecule has 0 saturated carbocycles. The number of fused-ring (bicyclic) bond motifs is 1. The molecule has 0 fully saturated rings. The number of rotatable bonds is 8. The Labute approximate surface area is 220 Å². The van der Waals surface area contributed by atoms with Crippen LogP contribution in [0.25, 0.3) is 22.3 Å². The molecule has 4 N–H and O–H groups in total. The van der Waals surface area contributed by atoms with Gasteiger partial charge in [0.25, 0.3) is 5.69 Å². The van der Waals surface area contributed by atoms with Gasteiger partial charge in [0, 0.05) is 47.8 Å². The second kappa shape index (κ2) is 10.7. The van der Waals surface area contributed by atoms with Crippen LogP contribution in [-0.2, 0) is 0 Å². The average Bonchev–Trinajstić information content (AvgIpc) is 3.34. The summed E-state index contributed by atoms with van der Waals surface area (Å²) in [5.74, 6) is -1.46. The van der Waals surface area contributed by atoms with Crippen LogP contribution in [0.15, 0.2) is 72.9 Å². The first-order valence-corrected chi connectivity index (χ1v) is 11.8. The molecule has 10 nitrogen and oxygen atoms in total. The fraction of sp³-hybridized carbons (Fsp3) is 0.111. The minimum absolute atomic E-state index is 0.0966. The summed E-state index contributed by atoms with van der Waals surface area (Å²) in [4.78, 5) is 17.0. The molecule has 0 spiro atoms. The smallest absolute Gasteiger partial charge is 0.321 e. The molecule has 198 valence electrons. The Morgan fingerprint density at radius 1 is 1.13 bits per heavy atom. The van der Waals surface area contributed by atoms with Crippen molar-refractivity contribution in [3.05, 3.63) is 95.5 Å². The molecule has 12 heteroatoms. The molecule has 3 aromatic heterocycles. The van der Waals surface area contributed by atoms with Gasteiger partial charge in [-0.25, -0.2) is 13.8 Å². The van der Waals surface area contributed by atoms with Gasteiger partial charge >= 0.3 is 5.91 Å². The first-order valence-electron chi connectivity index (χ1n) is 11.8. The number of carbonyl (C=O) groups excluding carboxylic acids is 1. The van der Waals surface area contributed by atoms with E-state index in [4.69, 9.17) is 4.74 Å². The highest BCUT2D eigenvalue weighted by Gasteiger charge is 2.21. The first-order chi connectivity index (χ1) is 18.8. The summed E-state index contributed by atoms with van der Waals surface area (Å²) in [7, 11) is 0. The number of aliphatic hydroxyl groups is 1. The van der Waals surface area contributed by atoms with Gasteiger partial charge in [-0.2, -0.15) is 9.83 Å². The van der Waals surface area contributed by atoms with Crippen molar-refractivity contribution in [3.8, 4) is 22.8 Å². The lowest BCUT2D eigenvalue weighted by molar-refractivity contribution is -0.595. The van der Waals surface area contributed by atoms with Crippen molar-refractivity contribution in [3.63, 3.8) is 0 Å². The van der Waals surface area contributed by atoms with Crippen molar-refractivity contribution in [1.29, 1.82) is 0 Å². The summed E-state index contributed by atoms with van der Waals surface area (Å²) in [6.45, 7) is 1.63. The Morgan fingerprint density at radius 2 is 1.92 bits per heavy atom. The van der Waals surface area contributed by atoms with E-state index in [1.165, 1.54) is 60.8 Å². The van der Waals surface area contributed by atoms with E-state index < -0.39 is 17.5 Å². The molecule has 5 rings (SSSR count). The zero-order valence-corrected chi connectivity index (χ0v) is 20.5. The number of nitrogens with zero attached hydrogens (tertiary/aromatic N) is 3. The van der Waals surface area contributed by atoms with Crippen LogP contribution < -0.4 is 20.1 Å². The van der Waals surface area contributed by atoms with E-state index in [9.17, 15) is 19.5 Å². The zero-order chi connectivity index (χ0) is 27.5. The van der Waals surface area contributed by atoms with Crippen LogP contribution in [0.5, 0.6) is 11.5 Å². The third-order valence-corrected chi connectivity index (χ3v) is 5.81. The van der Waals surface area contributed by atoms with Gasteiger partial charge in [-0.3, -0.25) is 9.89 Å². The van der Waals surface area contributed by atoms with Crippen LogP contribution in [0.2, 0.25) is 0 Å². The molecular formula is C27H22F2N6O4. The summed E-state index contributed by atoms with van der Waals surface area (Å²) in [5.41, 5.74) is 0.856. The minimum atomic E-state index is -0.769. The highest BCUT2D eigenvalue weighted by molar-refractivity contribution is 6.02. The molecule has 2 aromatic carbocycles. The van der Waals surface area contributed by atoms with Gasteiger partial charge in [0.1, 0.15) is 17.0 Å². The van der Waals surface area contributed by atoms with Crippen molar-refractivity contribution in [2.45, 2.75) is 13.0 Å². The number of carbonyl (C=O) groups is 1. The fourth-order valence-corrected chi connectivity index (χ4v) is 3.86. The first kappa shape index (κ1) is 25.5. The fourth-order valence-electron chi connectivity index (χ4n) is 3.86. The maximum Gasteiger partial charge on any atom is 0.321 e. The number of halogens is 2. The molecule has 0 saturated heterocycles. The van der Waals surface area contributed by atoms with Gasteiger partial charge in [-0.05, 0) is 49.4 Å². The number of aromatic nitrogens is 4. The Bertz CT molecular complexity index is 1660. The number of anilines is 2. The number of aromatic amines is 1. The summed E-state index contributed by atoms with van der Waals surface area (Å²) in [5, 5.41) is 35.1. The zero-order valence-electron chi connectivity index (χ0n) is 20.5.